The average molecular weight is 324 g/mol. The summed E-state index contributed by atoms with van der Waals surface area (Å²) in [6, 6.07) is 11.0. The first-order chi connectivity index (χ1) is 11.7. The Hall–Kier alpha value is -3.22. The molecule has 0 saturated heterocycles. The van der Waals surface area contributed by atoms with Crippen molar-refractivity contribution in [3.05, 3.63) is 60.2 Å². The van der Waals surface area contributed by atoms with Crippen LogP contribution in [0.15, 0.2) is 53.3 Å². The maximum Gasteiger partial charge on any atom is 0.246 e. The smallest absolute Gasteiger partial charge is 0.246 e. The topological polar surface area (TPSA) is 90.1 Å². The van der Waals surface area contributed by atoms with Gasteiger partial charge in [-0.3, -0.25) is 9.78 Å². The van der Waals surface area contributed by atoms with Gasteiger partial charge in [0.2, 0.25) is 17.6 Å². The molecule has 3 rings (SSSR count). The van der Waals surface area contributed by atoms with E-state index >= 15 is 0 Å². The van der Waals surface area contributed by atoms with Crippen LogP contribution in [0.1, 0.15) is 11.5 Å². The zero-order chi connectivity index (χ0) is 16.8. The third-order valence-electron chi connectivity index (χ3n) is 3.34. The van der Waals surface area contributed by atoms with Crippen molar-refractivity contribution in [2.45, 2.75) is 13.0 Å². The summed E-state index contributed by atoms with van der Waals surface area (Å²) in [6.07, 6.45) is 3.56. The molecule has 0 aliphatic rings. The zero-order valence-electron chi connectivity index (χ0n) is 13.1. The molecule has 0 unspecified atom stereocenters. The Morgan fingerprint density at radius 3 is 2.88 bits per heavy atom. The number of carbonyl (C=O) groups is 1. The van der Waals surface area contributed by atoms with Crippen molar-refractivity contribution in [2.24, 2.45) is 0 Å². The van der Waals surface area contributed by atoms with E-state index in [1.54, 1.807) is 31.6 Å². The van der Waals surface area contributed by atoms with Crippen molar-refractivity contribution in [3.63, 3.8) is 0 Å². The highest BCUT2D eigenvalue weighted by Crippen LogP contribution is 2.14. The number of hydrogen-bond acceptors (Lipinski definition) is 6. The molecule has 0 atom stereocenters. The Bertz CT molecular complexity index is 817. The Morgan fingerprint density at radius 2 is 2.08 bits per heavy atom. The molecule has 7 nitrogen and oxygen atoms in total. The number of methoxy groups -OCH3 is 1. The summed E-state index contributed by atoms with van der Waals surface area (Å²) in [6.45, 7) is 0.181. The minimum absolute atomic E-state index is 0.132. The van der Waals surface area contributed by atoms with Crippen molar-refractivity contribution in [2.75, 3.05) is 7.11 Å². The predicted octanol–water partition coefficient (Wildman–Crippen LogP) is 2.00. The second-order valence-corrected chi connectivity index (χ2v) is 5.05. The molecule has 0 aliphatic heterocycles. The van der Waals surface area contributed by atoms with Crippen molar-refractivity contribution in [1.29, 1.82) is 0 Å². The van der Waals surface area contributed by atoms with Crippen LogP contribution in [-0.4, -0.2) is 28.1 Å². The summed E-state index contributed by atoms with van der Waals surface area (Å²) < 4.78 is 10.3. The van der Waals surface area contributed by atoms with E-state index in [0.717, 1.165) is 16.9 Å². The molecule has 1 aromatic carbocycles. The number of ether oxygens (including phenoxy) is 1. The van der Waals surface area contributed by atoms with Crippen molar-refractivity contribution >= 4 is 5.91 Å². The first-order valence-corrected chi connectivity index (χ1v) is 7.37. The van der Waals surface area contributed by atoms with E-state index in [1.165, 1.54) is 0 Å². The van der Waals surface area contributed by atoms with Gasteiger partial charge in [-0.2, -0.15) is 4.98 Å². The SMILES string of the molecule is COc1cccc(CC(=O)NCc2nc(-c3ccncc3)no2)c1. The van der Waals surface area contributed by atoms with Gasteiger partial charge in [-0.1, -0.05) is 17.3 Å². The summed E-state index contributed by atoms with van der Waals surface area (Å²) in [7, 11) is 1.59. The lowest BCUT2D eigenvalue weighted by Crippen LogP contribution is -2.24. The average Bonchev–Trinajstić information content (AvgIpc) is 3.10. The molecular weight excluding hydrogens is 308 g/mol. The monoisotopic (exact) mass is 324 g/mol. The van der Waals surface area contributed by atoms with E-state index < -0.39 is 0 Å². The van der Waals surface area contributed by atoms with Crippen LogP contribution >= 0.6 is 0 Å². The lowest BCUT2D eigenvalue weighted by atomic mass is 10.1. The van der Waals surface area contributed by atoms with Crippen molar-refractivity contribution in [1.82, 2.24) is 20.4 Å². The van der Waals surface area contributed by atoms with Gasteiger partial charge in [-0.25, -0.2) is 0 Å². The largest absolute Gasteiger partial charge is 0.497 e. The van der Waals surface area contributed by atoms with Crippen LogP contribution < -0.4 is 10.1 Å². The second kappa shape index (κ2) is 7.36. The molecule has 1 N–H and O–H groups in total. The van der Waals surface area contributed by atoms with E-state index in [2.05, 4.69) is 20.4 Å². The number of rotatable bonds is 6. The highest BCUT2D eigenvalue weighted by atomic mass is 16.5. The molecule has 7 heteroatoms. The van der Waals surface area contributed by atoms with Gasteiger partial charge in [-0.05, 0) is 29.8 Å². The molecule has 122 valence electrons. The molecule has 3 aromatic rings. The Kier molecular flexibility index (Phi) is 4.81. The number of pyridine rings is 1. The van der Waals surface area contributed by atoms with Gasteiger partial charge in [0.05, 0.1) is 20.1 Å². The molecule has 0 aliphatic carbocycles. The number of aromatic nitrogens is 3. The van der Waals surface area contributed by atoms with Crippen molar-refractivity contribution in [3.8, 4) is 17.1 Å². The molecule has 0 bridgehead atoms. The van der Waals surface area contributed by atoms with Crippen LogP contribution in [0.5, 0.6) is 5.75 Å². The van der Waals surface area contributed by atoms with E-state index in [4.69, 9.17) is 9.26 Å². The Morgan fingerprint density at radius 1 is 1.25 bits per heavy atom. The summed E-state index contributed by atoms with van der Waals surface area (Å²) >= 11 is 0. The van der Waals surface area contributed by atoms with Crippen LogP contribution in [-0.2, 0) is 17.8 Å². The molecule has 2 aromatic heterocycles. The summed E-state index contributed by atoms with van der Waals surface area (Å²) in [5.74, 6) is 1.40. The van der Waals surface area contributed by atoms with E-state index in [-0.39, 0.29) is 18.9 Å². The lowest BCUT2D eigenvalue weighted by molar-refractivity contribution is -0.120. The zero-order valence-corrected chi connectivity index (χ0v) is 13.1. The number of nitrogens with one attached hydrogen (secondary N) is 1. The fraction of sp³-hybridized carbons (Fsp3) is 0.176. The summed E-state index contributed by atoms with van der Waals surface area (Å²) in [4.78, 5) is 20.2. The number of nitrogens with zero attached hydrogens (tertiary/aromatic N) is 3. The molecule has 0 radical (unpaired) electrons. The maximum atomic E-state index is 12.0. The maximum absolute atomic E-state index is 12.0. The minimum atomic E-state index is -0.132. The number of amides is 1. The van der Waals surface area contributed by atoms with Crippen LogP contribution in [0, 0.1) is 0 Å². The van der Waals surface area contributed by atoms with Crippen LogP contribution in [0.2, 0.25) is 0 Å². The van der Waals surface area contributed by atoms with Crippen LogP contribution in [0.4, 0.5) is 0 Å². The summed E-state index contributed by atoms with van der Waals surface area (Å²) in [5, 5.41) is 6.65. The Labute approximate surface area is 138 Å². The fourth-order valence-corrected chi connectivity index (χ4v) is 2.15. The summed E-state index contributed by atoms with van der Waals surface area (Å²) in [5.41, 5.74) is 1.68. The molecule has 0 spiro atoms. The lowest BCUT2D eigenvalue weighted by Gasteiger charge is -2.04. The van der Waals surface area contributed by atoms with E-state index in [1.807, 2.05) is 24.3 Å². The molecule has 2 heterocycles. The van der Waals surface area contributed by atoms with Crippen molar-refractivity contribution < 1.29 is 14.1 Å². The van der Waals surface area contributed by atoms with Gasteiger partial charge in [0.15, 0.2) is 0 Å². The normalized spacial score (nSPS) is 10.4. The quantitative estimate of drug-likeness (QED) is 0.746. The minimum Gasteiger partial charge on any atom is -0.497 e. The first-order valence-electron chi connectivity index (χ1n) is 7.37. The standard InChI is InChI=1S/C17H16N4O3/c1-23-14-4-2-3-12(9-14)10-15(22)19-11-16-20-17(21-24-16)13-5-7-18-8-6-13/h2-9H,10-11H2,1H3,(H,19,22). The van der Waals surface area contributed by atoms with Gasteiger partial charge >= 0.3 is 0 Å². The van der Waals surface area contributed by atoms with Gasteiger partial charge in [0, 0.05) is 18.0 Å². The number of hydrogen-bond donors (Lipinski definition) is 1. The van der Waals surface area contributed by atoms with Gasteiger partial charge in [-0.15, -0.1) is 0 Å². The van der Waals surface area contributed by atoms with Crippen LogP contribution in [0.25, 0.3) is 11.4 Å². The van der Waals surface area contributed by atoms with E-state index in [0.29, 0.717) is 11.7 Å². The number of benzene rings is 1. The predicted molar refractivity (Wildman–Crippen MR) is 86.1 cm³/mol. The molecule has 1 amide bonds. The van der Waals surface area contributed by atoms with Gasteiger partial charge in [0.1, 0.15) is 5.75 Å². The molecule has 0 fully saturated rings. The highest BCUT2D eigenvalue weighted by molar-refractivity contribution is 5.78. The van der Waals surface area contributed by atoms with Gasteiger partial charge < -0.3 is 14.6 Å². The third kappa shape index (κ3) is 3.95. The second-order valence-electron chi connectivity index (χ2n) is 5.05. The molecule has 24 heavy (non-hydrogen) atoms. The fourth-order valence-electron chi connectivity index (χ4n) is 2.15. The van der Waals surface area contributed by atoms with E-state index in [9.17, 15) is 4.79 Å². The van der Waals surface area contributed by atoms with Gasteiger partial charge in [0.25, 0.3) is 0 Å². The highest BCUT2D eigenvalue weighted by Gasteiger charge is 2.10. The molecular formula is C17H16N4O3. The van der Waals surface area contributed by atoms with Crippen LogP contribution in [0.3, 0.4) is 0 Å². The number of carbonyl (C=O) groups excluding carboxylic acids is 1. The Balaban J connectivity index is 1.56. The first kappa shape index (κ1) is 15.7. The third-order valence-corrected chi connectivity index (χ3v) is 3.34. The molecule has 0 saturated carbocycles.